The van der Waals surface area contributed by atoms with Crippen LogP contribution in [0.15, 0.2) is 133 Å². The normalized spacial score (nSPS) is 27.3. The van der Waals surface area contributed by atoms with Gasteiger partial charge in [0, 0.05) is 16.3 Å². The highest BCUT2D eigenvalue weighted by Crippen LogP contribution is 2.65. The van der Waals surface area contributed by atoms with E-state index in [-0.39, 0.29) is 35.8 Å². The highest BCUT2D eigenvalue weighted by molar-refractivity contribution is 6.32. The second-order valence-electron chi connectivity index (χ2n) is 13.7. The third-order valence-electron chi connectivity index (χ3n) is 11.4. The molecule has 2 heterocycles. The fourth-order valence-corrected chi connectivity index (χ4v) is 9.66. The first-order valence-electron chi connectivity index (χ1n) is 16.8. The van der Waals surface area contributed by atoms with Gasteiger partial charge >= 0.3 is 0 Å². The van der Waals surface area contributed by atoms with Crippen molar-refractivity contribution in [2.45, 2.75) is 24.2 Å². The van der Waals surface area contributed by atoms with Crippen LogP contribution < -0.4 is 9.80 Å². The van der Waals surface area contributed by atoms with Crippen LogP contribution in [0, 0.1) is 23.7 Å². The van der Waals surface area contributed by atoms with Gasteiger partial charge < -0.3 is 5.11 Å². The number of hydrogen-bond donors (Lipinski definition) is 1. The van der Waals surface area contributed by atoms with Crippen LogP contribution in [0.5, 0.6) is 5.75 Å². The average molecular weight is 679 g/mol. The van der Waals surface area contributed by atoms with Crippen LogP contribution in [0.2, 0.25) is 5.02 Å². The molecule has 2 saturated heterocycles. The SMILES string of the molecule is O=C1C2CC=C3C(CC4C(=O)N(c5cccc(Cl)c5)C(=O)C4(c4ccccc4)C3c3ccc(O)c4ccccc34)C2C(=O)N1c1ccccc1. The van der Waals surface area contributed by atoms with Crippen LogP contribution in [0.1, 0.15) is 29.9 Å². The van der Waals surface area contributed by atoms with Gasteiger partial charge in [0.2, 0.25) is 23.6 Å². The van der Waals surface area contributed by atoms with Gasteiger partial charge in [-0.05, 0) is 71.7 Å². The van der Waals surface area contributed by atoms with Crippen molar-refractivity contribution in [1.82, 2.24) is 0 Å². The number of carbonyl (C=O) groups is 4. The number of imide groups is 2. The van der Waals surface area contributed by atoms with Crippen LogP contribution in [0.4, 0.5) is 11.4 Å². The van der Waals surface area contributed by atoms with E-state index in [4.69, 9.17) is 11.6 Å². The highest BCUT2D eigenvalue weighted by atomic mass is 35.5. The molecule has 0 bridgehead atoms. The molecule has 1 saturated carbocycles. The summed E-state index contributed by atoms with van der Waals surface area (Å²) in [6.45, 7) is 0. The Morgan fingerprint density at radius 2 is 1.34 bits per heavy atom. The maximum atomic E-state index is 15.5. The fourth-order valence-electron chi connectivity index (χ4n) is 9.48. The van der Waals surface area contributed by atoms with Crippen LogP contribution in [-0.4, -0.2) is 28.7 Å². The lowest BCUT2D eigenvalue weighted by Gasteiger charge is -2.51. The van der Waals surface area contributed by atoms with Crippen LogP contribution in [0.3, 0.4) is 0 Å². The van der Waals surface area contributed by atoms with E-state index < -0.39 is 35.0 Å². The second kappa shape index (κ2) is 11.3. The largest absolute Gasteiger partial charge is 0.507 e. The summed E-state index contributed by atoms with van der Waals surface area (Å²) < 4.78 is 0. The summed E-state index contributed by atoms with van der Waals surface area (Å²) in [5, 5.41) is 12.7. The number of nitrogens with zero attached hydrogens (tertiary/aromatic N) is 2. The lowest BCUT2D eigenvalue weighted by atomic mass is 9.49. The molecule has 6 atom stereocenters. The lowest BCUT2D eigenvalue weighted by molar-refractivity contribution is -0.127. The maximum Gasteiger partial charge on any atom is 0.246 e. The van der Waals surface area contributed by atoms with E-state index in [0.717, 1.165) is 16.5 Å². The van der Waals surface area contributed by atoms with Gasteiger partial charge in [-0.15, -0.1) is 0 Å². The molecule has 6 unspecified atom stereocenters. The molecule has 0 spiro atoms. The minimum atomic E-state index is -1.40. The molecule has 4 aliphatic rings. The molecule has 50 heavy (non-hydrogen) atoms. The highest BCUT2D eigenvalue weighted by Gasteiger charge is 2.70. The Labute approximate surface area is 293 Å². The van der Waals surface area contributed by atoms with Crippen molar-refractivity contribution in [3.63, 3.8) is 0 Å². The molecule has 7 nitrogen and oxygen atoms in total. The van der Waals surface area contributed by atoms with Crippen molar-refractivity contribution in [2.75, 3.05) is 9.80 Å². The van der Waals surface area contributed by atoms with Gasteiger partial charge in [-0.1, -0.05) is 108 Å². The van der Waals surface area contributed by atoms with Crippen molar-refractivity contribution in [1.29, 1.82) is 0 Å². The van der Waals surface area contributed by atoms with Gasteiger partial charge in [0.1, 0.15) is 5.75 Å². The first-order valence-corrected chi connectivity index (χ1v) is 17.2. The van der Waals surface area contributed by atoms with E-state index in [1.807, 2.05) is 66.7 Å². The van der Waals surface area contributed by atoms with Gasteiger partial charge in [0.15, 0.2) is 0 Å². The zero-order valence-corrected chi connectivity index (χ0v) is 27.5. The molecular formula is C42H31ClN2O5. The lowest BCUT2D eigenvalue weighted by Crippen LogP contribution is -2.53. The zero-order valence-electron chi connectivity index (χ0n) is 26.8. The predicted molar refractivity (Wildman–Crippen MR) is 191 cm³/mol. The number of para-hydroxylation sites is 1. The molecular weight excluding hydrogens is 648 g/mol. The number of rotatable bonds is 4. The molecule has 2 aliphatic heterocycles. The van der Waals surface area contributed by atoms with E-state index in [1.54, 1.807) is 54.6 Å². The van der Waals surface area contributed by atoms with Crippen molar-refractivity contribution < 1.29 is 24.3 Å². The summed E-state index contributed by atoms with van der Waals surface area (Å²) in [6, 6.07) is 36.1. The number of allylic oxidation sites excluding steroid dienone is 2. The standard InChI is InChI=1S/C42H31ClN2O5/c43-25-12-9-15-27(22-25)45-39(48)34-23-33-31(18-19-32-36(33)40(49)44(38(32)47)26-13-5-2-6-14-26)37(42(34,41(45)50)24-10-3-1-4-11-24)30-20-21-35(46)29-17-8-7-16-28(29)30/h1-18,20-22,32-34,36-37,46H,19,23H2. The van der Waals surface area contributed by atoms with E-state index in [1.165, 1.54) is 9.80 Å². The van der Waals surface area contributed by atoms with E-state index in [0.29, 0.717) is 33.8 Å². The monoisotopic (exact) mass is 678 g/mol. The van der Waals surface area contributed by atoms with E-state index >= 15 is 4.79 Å². The number of hydrogen-bond acceptors (Lipinski definition) is 5. The minimum Gasteiger partial charge on any atom is -0.507 e. The van der Waals surface area contributed by atoms with Crippen molar-refractivity contribution in [2.24, 2.45) is 23.7 Å². The van der Waals surface area contributed by atoms with Crippen LogP contribution in [-0.2, 0) is 24.6 Å². The fraction of sp³-hybridized carbons (Fsp3) is 0.190. The number of phenols is 1. The first-order chi connectivity index (χ1) is 24.3. The third kappa shape index (κ3) is 4.10. The Balaban J connectivity index is 1.32. The minimum absolute atomic E-state index is 0.101. The summed E-state index contributed by atoms with van der Waals surface area (Å²) in [7, 11) is 0. The van der Waals surface area contributed by atoms with Gasteiger partial charge in [-0.25, -0.2) is 4.90 Å². The summed E-state index contributed by atoms with van der Waals surface area (Å²) in [6.07, 6.45) is 2.59. The molecule has 1 N–H and O–H groups in total. The smallest absolute Gasteiger partial charge is 0.246 e. The molecule has 8 heteroatoms. The topological polar surface area (TPSA) is 95.0 Å². The Kier molecular flexibility index (Phi) is 6.87. The quantitative estimate of drug-likeness (QED) is 0.156. The van der Waals surface area contributed by atoms with Gasteiger partial charge in [-0.3, -0.25) is 24.1 Å². The Hall–Kier alpha value is -5.53. The summed E-state index contributed by atoms with van der Waals surface area (Å²) in [5.74, 6) is -4.53. The summed E-state index contributed by atoms with van der Waals surface area (Å²) in [4.78, 5) is 61.5. The molecule has 3 fully saturated rings. The number of amides is 4. The predicted octanol–water partition coefficient (Wildman–Crippen LogP) is 7.57. The molecule has 0 aromatic heterocycles. The molecule has 5 aromatic rings. The molecule has 5 aromatic carbocycles. The Bertz CT molecular complexity index is 2290. The van der Waals surface area contributed by atoms with E-state index in [2.05, 4.69) is 6.08 Å². The van der Waals surface area contributed by atoms with Crippen molar-refractivity contribution in [3.05, 3.63) is 149 Å². The van der Waals surface area contributed by atoms with Crippen LogP contribution >= 0.6 is 11.6 Å². The number of benzene rings is 5. The number of fused-ring (bicyclic) bond motifs is 5. The molecule has 4 amide bonds. The average Bonchev–Trinajstić information content (AvgIpc) is 3.53. The second-order valence-corrected chi connectivity index (χ2v) is 14.1. The molecule has 2 aliphatic carbocycles. The van der Waals surface area contributed by atoms with Gasteiger partial charge in [-0.2, -0.15) is 0 Å². The zero-order chi connectivity index (χ0) is 34.3. The number of carbonyl (C=O) groups excluding carboxylic acids is 4. The summed E-state index contributed by atoms with van der Waals surface area (Å²) in [5.41, 5.74) is 1.83. The molecule has 246 valence electrons. The van der Waals surface area contributed by atoms with Crippen molar-refractivity contribution >= 4 is 57.4 Å². The third-order valence-corrected chi connectivity index (χ3v) is 11.7. The maximum absolute atomic E-state index is 15.5. The van der Waals surface area contributed by atoms with Crippen molar-refractivity contribution in [3.8, 4) is 5.75 Å². The Morgan fingerprint density at radius 3 is 2.08 bits per heavy atom. The Morgan fingerprint density at radius 1 is 0.660 bits per heavy atom. The summed E-state index contributed by atoms with van der Waals surface area (Å²) >= 11 is 6.43. The van der Waals surface area contributed by atoms with Crippen LogP contribution in [0.25, 0.3) is 10.8 Å². The number of phenolic OH excluding ortho intramolecular Hbond substituents is 1. The first kappa shape index (κ1) is 30.5. The molecule has 9 rings (SSSR count). The number of aromatic hydroxyl groups is 1. The molecule has 0 radical (unpaired) electrons. The number of anilines is 2. The van der Waals surface area contributed by atoms with E-state index in [9.17, 15) is 19.5 Å². The van der Waals surface area contributed by atoms with Gasteiger partial charge in [0.25, 0.3) is 0 Å². The van der Waals surface area contributed by atoms with Gasteiger partial charge in [0.05, 0.1) is 34.5 Å². The number of halogens is 1.